The molecule has 0 aliphatic heterocycles. The second kappa shape index (κ2) is 8.25. The molecule has 1 rings (SSSR count). The van der Waals surface area contributed by atoms with Gasteiger partial charge in [-0.15, -0.1) is 0 Å². The van der Waals surface area contributed by atoms with Crippen molar-refractivity contribution in [2.75, 3.05) is 0 Å². The summed E-state index contributed by atoms with van der Waals surface area (Å²) in [5.74, 6) is 0.572. The van der Waals surface area contributed by atoms with Crippen molar-refractivity contribution in [2.45, 2.75) is 40.2 Å². The molecule has 6 heteroatoms. The zero-order valence-corrected chi connectivity index (χ0v) is 14.1. The Balaban J connectivity index is 2.58. The number of benzene rings is 1. The summed E-state index contributed by atoms with van der Waals surface area (Å²) in [5.41, 5.74) is 3.36. The highest BCUT2D eigenvalue weighted by molar-refractivity contribution is 6.35. The minimum Gasteiger partial charge on any atom is -0.479 e. The average molecular weight is 331 g/mol. The van der Waals surface area contributed by atoms with Crippen LogP contribution in [0.2, 0.25) is 10.0 Å². The van der Waals surface area contributed by atoms with Gasteiger partial charge in [0.2, 0.25) is 0 Å². The fourth-order valence-corrected chi connectivity index (χ4v) is 2.15. The summed E-state index contributed by atoms with van der Waals surface area (Å²) >= 11 is 11.8. The van der Waals surface area contributed by atoms with Crippen molar-refractivity contribution in [1.82, 2.24) is 5.43 Å². The van der Waals surface area contributed by atoms with Crippen LogP contribution in [0.4, 0.5) is 0 Å². The molecule has 0 aliphatic carbocycles. The molecule has 0 bridgehead atoms. The first-order valence-electron chi connectivity index (χ1n) is 6.74. The molecule has 0 aromatic heterocycles. The lowest BCUT2D eigenvalue weighted by Gasteiger charge is -2.14. The molecule has 1 unspecified atom stereocenters. The van der Waals surface area contributed by atoms with E-state index in [1.807, 2.05) is 6.92 Å². The molecule has 1 aromatic rings. The number of amides is 1. The van der Waals surface area contributed by atoms with Crippen LogP contribution in [0.15, 0.2) is 23.3 Å². The van der Waals surface area contributed by atoms with Gasteiger partial charge >= 0.3 is 0 Å². The summed E-state index contributed by atoms with van der Waals surface area (Å²) in [5, 5.41) is 4.92. The van der Waals surface area contributed by atoms with Gasteiger partial charge in [-0.05, 0) is 44.4 Å². The molecule has 21 heavy (non-hydrogen) atoms. The normalized spacial score (nSPS) is 13.2. The van der Waals surface area contributed by atoms with Crippen LogP contribution >= 0.6 is 23.2 Å². The Hall–Kier alpha value is -1.26. The van der Waals surface area contributed by atoms with E-state index in [-0.39, 0.29) is 5.91 Å². The van der Waals surface area contributed by atoms with Gasteiger partial charge < -0.3 is 4.74 Å². The highest BCUT2D eigenvalue weighted by atomic mass is 35.5. The highest BCUT2D eigenvalue weighted by Crippen LogP contribution is 2.28. The lowest BCUT2D eigenvalue weighted by atomic mass is 10.1. The number of rotatable bonds is 6. The monoisotopic (exact) mass is 330 g/mol. The van der Waals surface area contributed by atoms with E-state index in [4.69, 9.17) is 27.9 Å². The van der Waals surface area contributed by atoms with Gasteiger partial charge in [-0.1, -0.05) is 37.0 Å². The van der Waals surface area contributed by atoms with E-state index < -0.39 is 6.10 Å². The summed E-state index contributed by atoms with van der Waals surface area (Å²) in [7, 11) is 0. The Kier molecular flexibility index (Phi) is 6.99. The first-order chi connectivity index (χ1) is 9.79. The molecule has 4 nitrogen and oxygen atoms in total. The number of nitrogens with one attached hydrogen (secondary N) is 1. The van der Waals surface area contributed by atoms with E-state index in [2.05, 4.69) is 24.4 Å². The van der Waals surface area contributed by atoms with Crippen molar-refractivity contribution < 1.29 is 9.53 Å². The molecule has 0 aliphatic rings. The summed E-state index contributed by atoms with van der Waals surface area (Å²) in [6.07, 6.45) is 0.123. The van der Waals surface area contributed by atoms with Crippen molar-refractivity contribution >= 4 is 34.8 Å². The predicted octanol–water partition coefficient (Wildman–Crippen LogP) is 4.30. The number of hydrogen-bond acceptors (Lipinski definition) is 3. The van der Waals surface area contributed by atoms with Crippen LogP contribution in [0.5, 0.6) is 5.75 Å². The molecule has 116 valence electrons. The second-order valence-electron chi connectivity index (χ2n) is 5.26. The van der Waals surface area contributed by atoms with Gasteiger partial charge in [-0.2, -0.15) is 5.10 Å². The Morgan fingerprint density at radius 1 is 1.33 bits per heavy atom. The van der Waals surface area contributed by atoms with Gasteiger partial charge in [0, 0.05) is 10.7 Å². The summed E-state index contributed by atoms with van der Waals surface area (Å²) in [6, 6.07) is 4.84. The van der Waals surface area contributed by atoms with Crippen molar-refractivity contribution in [3.63, 3.8) is 0 Å². The zero-order valence-electron chi connectivity index (χ0n) is 12.6. The number of carbonyl (C=O) groups is 1. The molecule has 0 radical (unpaired) electrons. The zero-order chi connectivity index (χ0) is 16.0. The first kappa shape index (κ1) is 17.8. The fourth-order valence-electron chi connectivity index (χ4n) is 1.69. The number of hydrogen-bond donors (Lipinski definition) is 1. The molecule has 1 atom stereocenters. The number of nitrogens with zero attached hydrogens (tertiary/aromatic N) is 1. The number of halogens is 2. The van der Waals surface area contributed by atoms with Gasteiger partial charge in [0.1, 0.15) is 5.75 Å². The molecule has 1 amide bonds. The molecule has 0 fully saturated rings. The Labute approximate surface area is 135 Å². The largest absolute Gasteiger partial charge is 0.479 e. The summed E-state index contributed by atoms with van der Waals surface area (Å²) in [4.78, 5) is 11.9. The van der Waals surface area contributed by atoms with Crippen molar-refractivity contribution in [1.29, 1.82) is 0 Å². The van der Waals surface area contributed by atoms with Gasteiger partial charge in [-0.3, -0.25) is 4.79 Å². The maximum atomic E-state index is 11.9. The quantitative estimate of drug-likeness (QED) is 0.624. The van der Waals surface area contributed by atoms with Crippen LogP contribution in [-0.2, 0) is 4.79 Å². The molecular formula is C15H20Cl2N2O2. The van der Waals surface area contributed by atoms with E-state index in [1.165, 1.54) is 0 Å². The predicted molar refractivity (Wildman–Crippen MR) is 87.3 cm³/mol. The van der Waals surface area contributed by atoms with Gasteiger partial charge in [0.15, 0.2) is 6.10 Å². The standard InChI is InChI=1S/C15H20Cl2N2O2/c1-9(2)7-10(3)18-19-15(20)11(4)21-14-6-5-12(16)8-13(14)17/h5-6,8-9,11H,7H2,1-4H3,(H,19,20)/b18-10+. The summed E-state index contributed by atoms with van der Waals surface area (Å²) < 4.78 is 5.50. The van der Waals surface area contributed by atoms with Crippen LogP contribution in [0.1, 0.15) is 34.1 Å². The van der Waals surface area contributed by atoms with Gasteiger partial charge in [0.25, 0.3) is 5.91 Å². The molecule has 0 saturated heterocycles. The number of carbonyl (C=O) groups excluding carboxylic acids is 1. The van der Waals surface area contributed by atoms with E-state index in [0.29, 0.717) is 21.7 Å². The van der Waals surface area contributed by atoms with Gasteiger partial charge in [0.05, 0.1) is 5.02 Å². The molecule has 0 heterocycles. The lowest BCUT2D eigenvalue weighted by molar-refractivity contribution is -0.127. The van der Waals surface area contributed by atoms with Gasteiger partial charge in [-0.25, -0.2) is 5.43 Å². The molecule has 1 aromatic carbocycles. The lowest BCUT2D eigenvalue weighted by Crippen LogP contribution is -2.34. The van der Waals surface area contributed by atoms with E-state index in [1.54, 1.807) is 25.1 Å². The van der Waals surface area contributed by atoms with Crippen LogP contribution in [0.3, 0.4) is 0 Å². The molecule has 0 saturated carbocycles. The topological polar surface area (TPSA) is 50.7 Å². The van der Waals surface area contributed by atoms with E-state index in [0.717, 1.165) is 12.1 Å². The van der Waals surface area contributed by atoms with Crippen LogP contribution < -0.4 is 10.2 Å². The third kappa shape index (κ3) is 6.36. The summed E-state index contributed by atoms with van der Waals surface area (Å²) in [6.45, 7) is 7.69. The smallest absolute Gasteiger partial charge is 0.280 e. The van der Waals surface area contributed by atoms with Crippen molar-refractivity contribution in [3.8, 4) is 5.75 Å². The minimum atomic E-state index is -0.709. The number of hydrazone groups is 1. The average Bonchev–Trinajstić information content (AvgIpc) is 2.38. The van der Waals surface area contributed by atoms with Crippen molar-refractivity contribution in [2.24, 2.45) is 11.0 Å². The van der Waals surface area contributed by atoms with Crippen LogP contribution in [-0.4, -0.2) is 17.7 Å². The first-order valence-corrected chi connectivity index (χ1v) is 7.50. The van der Waals surface area contributed by atoms with E-state index in [9.17, 15) is 4.79 Å². The maximum Gasteiger partial charge on any atom is 0.280 e. The van der Waals surface area contributed by atoms with Crippen LogP contribution in [0.25, 0.3) is 0 Å². The third-order valence-electron chi connectivity index (χ3n) is 2.63. The molecule has 1 N–H and O–H groups in total. The molecule has 0 spiro atoms. The highest BCUT2D eigenvalue weighted by Gasteiger charge is 2.16. The van der Waals surface area contributed by atoms with E-state index >= 15 is 0 Å². The second-order valence-corrected chi connectivity index (χ2v) is 6.10. The SMILES string of the molecule is C/C(CC(C)C)=N\NC(=O)C(C)Oc1ccc(Cl)cc1Cl. The fraction of sp³-hybridized carbons (Fsp3) is 0.467. The minimum absolute atomic E-state index is 0.330. The third-order valence-corrected chi connectivity index (χ3v) is 3.16. The Bertz CT molecular complexity index is 530. The van der Waals surface area contributed by atoms with Crippen LogP contribution in [0, 0.1) is 5.92 Å². The Morgan fingerprint density at radius 2 is 2.00 bits per heavy atom. The van der Waals surface area contributed by atoms with Crippen molar-refractivity contribution in [3.05, 3.63) is 28.2 Å². The Morgan fingerprint density at radius 3 is 2.57 bits per heavy atom. The maximum absolute atomic E-state index is 11.9. The molecular weight excluding hydrogens is 311 g/mol. The number of ether oxygens (including phenoxy) is 1.